The number of carbonyl (C=O) groups excluding carboxylic acids is 2. The third kappa shape index (κ3) is 3.30. The molecule has 0 fully saturated rings. The van der Waals surface area contributed by atoms with Gasteiger partial charge in [0, 0.05) is 18.6 Å². The first kappa shape index (κ1) is 11.6. The molecule has 15 heavy (non-hydrogen) atoms. The Labute approximate surface area is 90.2 Å². The van der Waals surface area contributed by atoms with Crippen LogP contribution >= 0.6 is 11.3 Å². The van der Waals surface area contributed by atoms with Crippen molar-refractivity contribution in [3.8, 4) is 0 Å². The Hall–Kier alpha value is -1.47. The molecule has 6 nitrogen and oxygen atoms in total. The second-order valence-electron chi connectivity index (χ2n) is 3.02. The third-order valence-corrected chi connectivity index (χ3v) is 2.55. The minimum atomic E-state index is -0.954. The molecule has 1 aromatic rings. The van der Waals surface area contributed by atoms with Gasteiger partial charge in [0.05, 0.1) is 12.5 Å². The number of amides is 2. The molecule has 2 amide bonds. The lowest BCUT2D eigenvalue weighted by molar-refractivity contribution is -0.124. The molecule has 1 heterocycles. The summed E-state index contributed by atoms with van der Waals surface area (Å²) in [6.07, 6.45) is 1.59. The monoisotopic (exact) mass is 228 g/mol. The number of thiazole rings is 1. The zero-order valence-electron chi connectivity index (χ0n) is 8.21. The molecule has 1 atom stereocenters. The normalized spacial score (nSPS) is 13.9. The van der Waals surface area contributed by atoms with Crippen LogP contribution in [0.2, 0.25) is 0 Å². The van der Waals surface area contributed by atoms with Gasteiger partial charge >= 0.3 is 0 Å². The maximum absolute atomic E-state index is 11.4. The van der Waals surface area contributed by atoms with Gasteiger partial charge in [-0.05, 0) is 0 Å². The number of nitrogens with two attached hydrogens (primary N) is 2. The SMILES string of the molecule is Cn1ccsc1=NC(=O)C(N)CC(N)=O. The van der Waals surface area contributed by atoms with Crippen molar-refractivity contribution in [1.82, 2.24) is 4.57 Å². The van der Waals surface area contributed by atoms with Crippen LogP contribution in [0.5, 0.6) is 0 Å². The molecule has 0 aliphatic rings. The van der Waals surface area contributed by atoms with Gasteiger partial charge in [-0.25, -0.2) is 0 Å². The number of aryl methyl sites for hydroxylation is 1. The van der Waals surface area contributed by atoms with Crippen LogP contribution in [0.3, 0.4) is 0 Å². The van der Waals surface area contributed by atoms with Crippen molar-refractivity contribution in [3.63, 3.8) is 0 Å². The maximum atomic E-state index is 11.4. The summed E-state index contributed by atoms with van der Waals surface area (Å²) in [6.45, 7) is 0. The lowest BCUT2D eigenvalue weighted by atomic mass is 10.2. The molecule has 0 saturated heterocycles. The molecular formula is C8H12N4O2S. The summed E-state index contributed by atoms with van der Waals surface area (Å²) in [5, 5.41) is 1.80. The Bertz CT molecular complexity index is 434. The highest BCUT2D eigenvalue weighted by Crippen LogP contribution is 1.92. The molecule has 0 spiro atoms. The number of nitrogens with zero attached hydrogens (tertiary/aromatic N) is 2. The summed E-state index contributed by atoms with van der Waals surface area (Å²) in [5.41, 5.74) is 10.4. The van der Waals surface area contributed by atoms with Crippen molar-refractivity contribution < 1.29 is 9.59 Å². The van der Waals surface area contributed by atoms with Crippen molar-refractivity contribution in [3.05, 3.63) is 16.4 Å². The molecular weight excluding hydrogens is 216 g/mol. The molecule has 1 rings (SSSR count). The Morgan fingerprint density at radius 3 is 2.80 bits per heavy atom. The van der Waals surface area contributed by atoms with Gasteiger partial charge in [0.15, 0.2) is 4.80 Å². The van der Waals surface area contributed by atoms with Gasteiger partial charge in [-0.1, -0.05) is 0 Å². The van der Waals surface area contributed by atoms with Gasteiger partial charge in [-0.2, -0.15) is 4.99 Å². The smallest absolute Gasteiger partial charge is 0.265 e. The zero-order chi connectivity index (χ0) is 11.4. The van der Waals surface area contributed by atoms with Crippen molar-refractivity contribution in [1.29, 1.82) is 0 Å². The van der Waals surface area contributed by atoms with E-state index in [4.69, 9.17) is 11.5 Å². The zero-order valence-corrected chi connectivity index (χ0v) is 9.03. The summed E-state index contributed by atoms with van der Waals surface area (Å²) in [4.78, 5) is 26.2. The summed E-state index contributed by atoms with van der Waals surface area (Å²) >= 11 is 1.32. The van der Waals surface area contributed by atoms with Crippen LogP contribution in [0.25, 0.3) is 0 Å². The fourth-order valence-corrected chi connectivity index (χ4v) is 1.65. The molecule has 0 aliphatic heterocycles. The first-order valence-corrected chi connectivity index (χ1v) is 5.11. The minimum absolute atomic E-state index is 0.183. The van der Waals surface area contributed by atoms with E-state index in [1.165, 1.54) is 11.3 Å². The minimum Gasteiger partial charge on any atom is -0.370 e. The highest BCUT2D eigenvalue weighted by atomic mass is 32.1. The summed E-state index contributed by atoms with van der Waals surface area (Å²) in [7, 11) is 1.77. The van der Waals surface area contributed by atoms with Gasteiger partial charge < -0.3 is 16.0 Å². The molecule has 0 bridgehead atoms. The lowest BCUT2D eigenvalue weighted by Gasteiger charge is -2.02. The maximum Gasteiger partial charge on any atom is 0.265 e. The van der Waals surface area contributed by atoms with E-state index in [9.17, 15) is 9.59 Å². The van der Waals surface area contributed by atoms with E-state index < -0.39 is 17.9 Å². The van der Waals surface area contributed by atoms with E-state index in [2.05, 4.69) is 4.99 Å². The van der Waals surface area contributed by atoms with Crippen molar-refractivity contribution in [2.24, 2.45) is 23.5 Å². The number of carbonyl (C=O) groups is 2. The van der Waals surface area contributed by atoms with Gasteiger partial charge in [0.1, 0.15) is 0 Å². The first-order valence-electron chi connectivity index (χ1n) is 4.23. The molecule has 1 unspecified atom stereocenters. The quantitative estimate of drug-likeness (QED) is 0.673. The van der Waals surface area contributed by atoms with Crippen LogP contribution in [0.15, 0.2) is 16.6 Å². The van der Waals surface area contributed by atoms with Crippen molar-refractivity contribution in [2.75, 3.05) is 0 Å². The topological polar surface area (TPSA) is 103 Å². The number of aromatic nitrogens is 1. The standard InChI is InChI=1S/C8H12N4O2S/c1-12-2-3-15-8(12)11-7(14)5(9)4-6(10)13/h2-3,5H,4,9H2,1H3,(H2,10,13). The number of hydrogen-bond acceptors (Lipinski definition) is 4. The van der Waals surface area contributed by atoms with E-state index in [0.717, 1.165) is 0 Å². The average Bonchev–Trinajstić information content (AvgIpc) is 2.50. The van der Waals surface area contributed by atoms with E-state index in [-0.39, 0.29) is 6.42 Å². The fraction of sp³-hybridized carbons (Fsp3) is 0.375. The van der Waals surface area contributed by atoms with E-state index in [1.54, 1.807) is 23.2 Å². The Kier molecular flexibility index (Phi) is 3.75. The third-order valence-electron chi connectivity index (χ3n) is 1.70. The van der Waals surface area contributed by atoms with Crippen LogP contribution in [-0.4, -0.2) is 22.4 Å². The largest absolute Gasteiger partial charge is 0.370 e. The molecule has 7 heteroatoms. The predicted octanol–water partition coefficient (Wildman–Crippen LogP) is -1.28. The van der Waals surface area contributed by atoms with Crippen LogP contribution in [0.1, 0.15) is 6.42 Å². The number of rotatable bonds is 3. The average molecular weight is 228 g/mol. The summed E-state index contributed by atoms with van der Waals surface area (Å²) < 4.78 is 1.69. The van der Waals surface area contributed by atoms with Crippen LogP contribution < -0.4 is 16.3 Å². The highest BCUT2D eigenvalue weighted by Gasteiger charge is 2.15. The molecule has 0 saturated carbocycles. The van der Waals surface area contributed by atoms with Crippen LogP contribution in [0, 0.1) is 0 Å². The Morgan fingerprint density at radius 1 is 1.67 bits per heavy atom. The highest BCUT2D eigenvalue weighted by molar-refractivity contribution is 7.07. The van der Waals surface area contributed by atoms with E-state index in [0.29, 0.717) is 4.80 Å². The molecule has 1 aromatic heterocycles. The summed E-state index contributed by atoms with van der Waals surface area (Å²) in [6, 6.07) is -0.954. The summed E-state index contributed by atoms with van der Waals surface area (Å²) in [5.74, 6) is -1.14. The van der Waals surface area contributed by atoms with E-state index in [1.807, 2.05) is 0 Å². The van der Waals surface area contributed by atoms with Gasteiger partial charge in [0.25, 0.3) is 5.91 Å². The second kappa shape index (κ2) is 4.85. The van der Waals surface area contributed by atoms with Crippen molar-refractivity contribution >= 4 is 23.2 Å². The second-order valence-corrected chi connectivity index (χ2v) is 3.90. The Morgan fingerprint density at radius 2 is 2.33 bits per heavy atom. The molecule has 82 valence electrons. The lowest BCUT2D eigenvalue weighted by Crippen LogP contribution is -2.35. The Balaban J connectivity index is 2.79. The van der Waals surface area contributed by atoms with Gasteiger partial charge in [0.2, 0.25) is 5.91 Å². The molecule has 0 radical (unpaired) electrons. The molecule has 0 aliphatic carbocycles. The first-order chi connectivity index (χ1) is 7.00. The van der Waals surface area contributed by atoms with Crippen LogP contribution in [0.4, 0.5) is 0 Å². The molecule has 0 aromatic carbocycles. The van der Waals surface area contributed by atoms with Crippen molar-refractivity contribution in [2.45, 2.75) is 12.5 Å². The van der Waals surface area contributed by atoms with Crippen LogP contribution in [-0.2, 0) is 16.6 Å². The molecule has 4 N–H and O–H groups in total. The van der Waals surface area contributed by atoms with Gasteiger partial charge in [-0.3, -0.25) is 9.59 Å². The fourth-order valence-electron chi connectivity index (χ4n) is 0.916. The predicted molar refractivity (Wildman–Crippen MR) is 55.6 cm³/mol. The van der Waals surface area contributed by atoms with E-state index >= 15 is 0 Å². The number of hydrogen-bond donors (Lipinski definition) is 2. The number of primary amides is 1. The van der Waals surface area contributed by atoms with Gasteiger partial charge in [-0.15, -0.1) is 11.3 Å².